The van der Waals surface area contributed by atoms with Crippen LogP contribution in [0.2, 0.25) is 0 Å². The van der Waals surface area contributed by atoms with Crippen molar-refractivity contribution >= 4 is 11.9 Å². The van der Waals surface area contributed by atoms with Crippen molar-refractivity contribution in [2.75, 3.05) is 13.1 Å². The van der Waals surface area contributed by atoms with Crippen molar-refractivity contribution in [3.05, 3.63) is 101 Å². The summed E-state index contributed by atoms with van der Waals surface area (Å²) in [7, 11) is 0. The van der Waals surface area contributed by atoms with Gasteiger partial charge >= 0.3 is 5.97 Å². The Morgan fingerprint density at radius 3 is 2.57 bits per heavy atom. The van der Waals surface area contributed by atoms with Crippen LogP contribution in [0.3, 0.4) is 0 Å². The number of carboxylic acids is 1. The molecule has 0 fully saturated rings. The third-order valence-corrected chi connectivity index (χ3v) is 6.16. The smallest absolute Gasteiger partial charge is 0.323 e. The second-order valence-electron chi connectivity index (χ2n) is 9.20. The first-order valence-corrected chi connectivity index (χ1v) is 11.5. The lowest BCUT2D eigenvalue weighted by molar-refractivity contribution is -0.144. The Balaban J connectivity index is 1.42. The molecule has 1 atom stereocenters. The van der Waals surface area contributed by atoms with Crippen LogP contribution in [0.1, 0.15) is 29.2 Å². The maximum Gasteiger partial charge on any atom is 0.323 e. The van der Waals surface area contributed by atoms with Gasteiger partial charge in [0.15, 0.2) is 0 Å². The molecule has 1 heterocycles. The molecule has 5 nitrogen and oxygen atoms in total. The summed E-state index contributed by atoms with van der Waals surface area (Å²) in [6, 6.07) is 18.2. The fraction of sp³-hybridized carbons (Fsp3) is 0.286. The van der Waals surface area contributed by atoms with Crippen molar-refractivity contribution in [1.29, 1.82) is 0 Å². The highest BCUT2D eigenvalue weighted by molar-refractivity contribution is 5.83. The Bertz CT molecular complexity index is 1250. The van der Waals surface area contributed by atoms with Crippen LogP contribution < -0.4 is 4.74 Å². The van der Waals surface area contributed by atoms with Crippen molar-refractivity contribution in [3.8, 4) is 5.75 Å². The molecule has 182 valence electrons. The summed E-state index contributed by atoms with van der Waals surface area (Å²) in [5.74, 6) is -1.37. The van der Waals surface area contributed by atoms with E-state index in [0.717, 1.165) is 11.1 Å². The molecule has 1 aliphatic heterocycles. The summed E-state index contributed by atoms with van der Waals surface area (Å²) in [4.78, 5) is 25.6. The summed E-state index contributed by atoms with van der Waals surface area (Å²) in [6.45, 7) is 1.68. The fourth-order valence-corrected chi connectivity index (χ4v) is 4.53. The number of aliphatic carboxylic acids is 1. The average molecular weight is 480 g/mol. The lowest BCUT2D eigenvalue weighted by atomic mass is 9.91. The van der Waals surface area contributed by atoms with E-state index in [1.807, 2.05) is 13.0 Å². The van der Waals surface area contributed by atoms with Crippen molar-refractivity contribution in [2.24, 2.45) is 0 Å². The van der Waals surface area contributed by atoms with Gasteiger partial charge in [-0.1, -0.05) is 42.5 Å². The zero-order valence-corrected chi connectivity index (χ0v) is 19.5. The molecule has 3 aromatic rings. The molecule has 1 aliphatic rings. The number of amides is 1. The lowest BCUT2D eigenvalue weighted by Crippen LogP contribution is -2.38. The maximum atomic E-state index is 14.1. The Morgan fingerprint density at radius 1 is 1.03 bits per heavy atom. The predicted octanol–water partition coefficient (Wildman–Crippen LogP) is 4.60. The van der Waals surface area contributed by atoms with Gasteiger partial charge in [0.25, 0.3) is 0 Å². The van der Waals surface area contributed by atoms with E-state index in [-0.39, 0.29) is 30.5 Å². The molecule has 0 unspecified atom stereocenters. The summed E-state index contributed by atoms with van der Waals surface area (Å²) >= 11 is 0. The van der Waals surface area contributed by atoms with Gasteiger partial charge < -0.3 is 14.7 Å². The normalized spacial score (nSPS) is 16.4. The molecule has 35 heavy (non-hydrogen) atoms. The Labute approximate surface area is 203 Å². The first-order chi connectivity index (χ1) is 16.7. The Kier molecular flexibility index (Phi) is 7.15. The fourth-order valence-electron chi connectivity index (χ4n) is 4.53. The number of ether oxygens (including phenoxy) is 1. The number of hydrogen-bond donors (Lipinski definition) is 1. The van der Waals surface area contributed by atoms with Gasteiger partial charge in [-0.25, -0.2) is 8.78 Å². The Morgan fingerprint density at radius 2 is 1.83 bits per heavy atom. The molecule has 0 saturated carbocycles. The molecule has 1 amide bonds. The molecule has 0 saturated heterocycles. The predicted molar refractivity (Wildman–Crippen MR) is 127 cm³/mol. The largest absolute Gasteiger partial charge is 0.487 e. The molecule has 1 N–H and O–H groups in total. The van der Waals surface area contributed by atoms with Crippen LogP contribution in [-0.4, -0.2) is 40.6 Å². The van der Waals surface area contributed by atoms with Crippen molar-refractivity contribution in [2.45, 2.75) is 38.2 Å². The zero-order chi connectivity index (χ0) is 25.0. The lowest BCUT2D eigenvalue weighted by Gasteiger charge is -2.24. The molecular formula is C28H27F2NO4. The highest BCUT2D eigenvalue weighted by Crippen LogP contribution is 2.38. The minimum absolute atomic E-state index is 0.0355. The summed E-state index contributed by atoms with van der Waals surface area (Å²) in [6.07, 6.45) is 1.36. The molecule has 0 aliphatic carbocycles. The molecule has 0 aromatic heterocycles. The van der Waals surface area contributed by atoms with Crippen LogP contribution in [0, 0.1) is 11.6 Å². The van der Waals surface area contributed by atoms with Crippen LogP contribution in [0.25, 0.3) is 0 Å². The van der Waals surface area contributed by atoms with Gasteiger partial charge in [0.05, 0.1) is 6.42 Å². The highest BCUT2D eigenvalue weighted by Gasteiger charge is 2.35. The third kappa shape index (κ3) is 6.23. The topological polar surface area (TPSA) is 66.8 Å². The van der Waals surface area contributed by atoms with E-state index in [9.17, 15) is 23.5 Å². The molecule has 0 radical (unpaired) electrons. The van der Waals surface area contributed by atoms with Crippen LogP contribution in [0.15, 0.2) is 66.7 Å². The van der Waals surface area contributed by atoms with Crippen molar-refractivity contribution < 1.29 is 28.2 Å². The number of rotatable bonds is 9. The quantitative estimate of drug-likeness (QED) is 0.487. The average Bonchev–Trinajstić information content (AvgIpc) is 3.13. The van der Waals surface area contributed by atoms with Gasteiger partial charge in [0, 0.05) is 19.4 Å². The summed E-state index contributed by atoms with van der Waals surface area (Å²) in [5.41, 5.74) is 2.35. The number of carbonyl (C=O) groups is 2. The molecule has 3 aromatic carbocycles. The third-order valence-electron chi connectivity index (χ3n) is 6.16. The van der Waals surface area contributed by atoms with Crippen molar-refractivity contribution in [3.63, 3.8) is 0 Å². The van der Waals surface area contributed by atoms with Gasteiger partial charge in [-0.2, -0.15) is 0 Å². The van der Waals surface area contributed by atoms with Crippen LogP contribution in [-0.2, 0) is 35.3 Å². The van der Waals surface area contributed by atoms with E-state index in [4.69, 9.17) is 4.74 Å². The van der Waals surface area contributed by atoms with E-state index in [2.05, 4.69) is 0 Å². The number of benzene rings is 3. The SMILES string of the molecule is C[C@@]1(Cc2ccccc2F)Cc2cc(CC(=O)N(CCc3cccc(F)c3)CC(=O)O)ccc2O1. The number of carbonyl (C=O) groups excluding carboxylic acids is 1. The van der Waals surface area contributed by atoms with E-state index in [1.165, 1.54) is 23.1 Å². The van der Waals surface area contributed by atoms with Crippen molar-refractivity contribution in [1.82, 2.24) is 4.90 Å². The standard InChI is InChI=1S/C28H27F2NO4/c1-28(16-21-6-2-3-8-24(21)30)17-22-13-20(9-10-25(22)35-28)15-26(32)31(18-27(33)34)12-11-19-5-4-7-23(29)14-19/h2-10,13-14H,11-12,15-18H2,1H3,(H,33,34)/t28-/m1/s1. The van der Waals surface area contributed by atoms with Gasteiger partial charge in [0.2, 0.25) is 5.91 Å². The number of carboxylic acid groups (broad SMARTS) is 1. The van der Waals surface area contributed by atoms with Gasteiger partial charge in [0.1, 0.15) is 29.5 Å². The second-order valence-corrected chi connectivity index (χ2v) is 9.20. The monoisotopic (exact) mass is 479 g/mol. The minimum Gasteiger partial charge on any atom is -0.487 e. The van der Waals surface area contributed by atoms with E-state index in [0.29, 0.717) is 36.1 Å². The number of hydrogen-bond acceptors (Lipinski definition) is 3. The molecule has 4 rings (SSSR count). The number of halogens is 2. The minimum atomic E-state index is -1.11. The molecule has 0 spiro atoms. The molecule has 0 bridgehead atoms. The second kappa shape index (κ2) is 10.3. The van der Waals surface area contributed by atoms with Gasteiger partial charge in [-0.05, 0) is 59.9 Å². The zero-order valence-electron chi connectivity index (χ0n) is 19.5. The van der Waals surface area contributed by atoms with Gasteiger partial charge in [-0.3, -0.25) is 9.59 Å². The van der Waals surface area contributed by atoms with E-state index < -0.39 is 18.1 Å². The number of nitrogens with zero attached hydrogens (tertiary/aromatic N) is 1. The highest BCUT2D eigenvalue weighted by atomic mass is 19.1. The van der Waals surface area contributed by atoms with E-state index >= 15 is 0 Å². The maximum absolute atomic E-state index is 14.1. The van der Waals surface area contributed by atoms with Gasteiger partial charge in [-0.15, -0.1) is 0 Å². The summed E-state index contributed by atoms with van der Waals surface area (Å²) in [5, 5.41) is 9.27. The first-order valence-electron chi connectivity index (χ1n) is 11.5. The summed E-state index contributed by atoms with van der Waals surface area (Å²) < 4.78 is 33.7. The van der Waals surface area contributed by atoms with Crippen LogP contribution in [0.4, 0.5) is 8.78 Å². The van der Waals surface area contributed by atoms with Crippen LogP contribution >= 0.6 is 0 Å². The van der Waals surface area contributed by atoms with Crippen LogP contribution in [0.5, 0.6) is 5.75 Å². The first kappa shape index (κ1) is 24.4. The van der Waals surface area contributed by atoms with E-state index in [1.54, 1.807) is 42.5 Å². The Hall–Kier alpha value is -3.74. The molecular weight excluding hydrogens is 452 g/mol. The molecule has 7 heteroatoms. The number of fused-ring (bicyclic) bond motifs is 1.